The molecule has 0 saturated heterocycles. The van der Waals surface area contributed by atoms with Crippen LogP contribution in [0.1, 0.15) is 22.2 Å². The van der Waals surface area contributed by atoms with Gasteiger partial charge in [-0.15, -0.1) is 11.3 Å². The van der Waals surface area contributed by atoms with Crippen molar-refractivity contribution in [3.05, 3.63) is 51.5 Å². The Hall–Kier alpha value is -2.35. The lowest BCUT2D eigenvalue weighted by molar-refractivity contribution is -0.123. The monoisotopic (exact) mass is 343 g/mol. The lowest BCUT2D eigenvalue weighted by Crippen LogP contribution is -2.30. The lowest BCUT2D eigenvalue weighted by atomic mass is 10.2. The first-order valence-corrected chi connectivity index (χ1v) is 7.38. The summed E-state index contributed by atoms with van der Waals surface area (Å²) in [6, 6.07) is 3.28. The third kappa shape index (κ3) is 3.70. The Labute approximate surface area is 133 Å². The van der Waals surface area contributed by atoms with E-state index in [1.807, 2.05) is 5.32 Å². The van der Waals surface area contributed by atoms with Gasteiger partial charge in [0, 0.05) is 0 Å². The van der Waals surface area contributed by atoms with Crippen molar-refractivity contribution in [3.8, 4) is 0 Å². The van der Waals surface area contributed by atoms with Crippen molar-refractivity contribution >= 4 is 28.9 Å². The van der Waals surface area contributed by atoms with Crippen molar-refractivity contribution in [3.63, 3.8) is 0 Å². The van der Waals surface area contributed by atoms with Gasteiger partial charge in [0.15, 0.2) is 23.6 Å². The van der Waals surface area contributed by atoms with Gasteiger partial charge in [-0.3, -0.25) is 4.79 Å². The number of carbonyl (C=O) groups excluding carboxylic acids is 2. The molecule has 122 valence electrons. The number of amides is 1. The molecule has 4 nitrogen and oxygen atoms in total. The first kappa shape index (κ1) is 17.0. The summed E-state index contributed by atoms with van der Waals surface area (Å²) < 4.78 is 44.4. The first-order chi connectivity index (χ1) is 10.8. The molecule has 1 amide bonds. The van der Waals surface area contributed by atoms with Crippen molar-refractivity contribution < 1.29 is 27.5 Å². The summed E-state index contributed by atoms with van der Waals surface area (Å²) in [4.78, 5) is 24.1. The number of aryl methyl sites for hydroxylation is 1. The number of halogens is 3. The van der Waals surface area contributed by atoms with Crippen LogP contribution in [0.15, 0.2) is 23.6 Å². The van der Waals surface area contributed by atoms with E-state index in [1.54, 1.807) is 18.4 Å². The minimum absolute atomic E-state index is 0.351. The van der Waals surface area contributed by atoms with E-state index < -0.39 is 41.1 Å². The quantitative estimate of drug-likeness (QED) is 0.681. The summed E-state index contributed by atoms with van der Waals surface area (Å²) in [5.41, 5.74) is 0.170. The number of hydrogen-bond donors (Lipinski definition) is 1. The molecule has 23 heavy (non-hydrogen) atoms. The van der Waals surface area contributed by atoms with Crippen molar-refractivity contribution in [2.75, 3.05) is 5.32 Å². The Morgan fingerprint density at radius 2 is 1.87 bits per heavy atom. The highest BCUT2D eigenvalue weighted by molar-refractivity contribution is 7.12. The van der Waals surface area contributed by atoms with Gasteiger partial charge in [0.25, 0.3) is 5.91 Å². The highest BCUT2D eigenvalue weighted by Crippen LogP contribution is 2.21. The largest absolute Gasteiger partial charge is 0.448 e. The Morgan fingerprint density at radius 1 is 1.17 bits per heavy atom. The third-order valence-electron chi connectivity index (χ3n) is 2.99. The summed E-state index contributed by atoms with van der Waals surface area (Å²) in [5, 5.41) is 3.75. The van der Waals surface area contributed by atoms with Gasteiger partial charge in [0.05, 0.1) is 5.69 Å². The fourth-order valence-corrected chi connectivity index (χ4v) is 2.51. The lowest BCUT2D eigenvalue weighted by Gasteiger charge is -2.14. The molecule has 0 unspecified atom stereocenters. The van der Waals surface area contributed by atoms with Crippen molar-refractivity contribution in [1.82, 2.24) is 0 Å². The molecule has 1 N–H and O–H groups in total. The molecule has 0 radical (unpaired) electrons. The molecule has 0 spiro atoms. The molecule has 1 heterocycles. The number of benzene rings is 1. The van der Waals surface area contributed by atoms with Crippen molar-refractivity contribution in [1.29, 1.82) is 0 Å². The molecular weight excluding hydrogens is 331 g/mol. The van der Waals surface area contributed by atoms with Crippen LogP contribution in [0.2, 0.25) is 0 Å². The van der Waals surface area contributed by atoms with Crippen LogP contribution in [0.5, 0.6) is 0 Å². The second-order valence-corrected chi connectivity index (χ2v) is 5.61. The predicted molar refractivity (Wildman–Crippen MR) is 78.9 cm³/mol. The van der Waals surface area contributed by atoms with E-state index in [0.717, 1.165) is 17.4 Å². The normalized spacial score (nSPS) is 11.9. The highest BCUT2D eigenvalue weighted by atomic mass is 32.1. The van der Waals surface area contributed by atoms with Crippen LogP contribution in [0.4, 0.5) is 18.9 Å². The molecule has 1 atom stereocenters. The maximum absolute atomic E-state index is 13.5. The zero-order valence-corrected chi connectivity index (χ0v) is 13.0. The number of rotatable bonds is 4. The Kier molecular flexibility index (Phi) is 5.05. The van der Waals surface area contributed by atoms with E-state index in [4.69, 9.17) is 4.74 Å². The van der Waals surface area contributed by atoms with E-state index in [0.29, 0.717) is 16.5 Å². The van der Waals surface area contributed by atoms with Gasteiger partial charge in [0.2, 0.25) is 0 Å². The molecule has 0 aliphatic rings. The van der Waals surface area contributed by atoms with E-state index in [1.165, 1.54) is 6.92 Å². The maximum Gasteiger partial charge on any atom is 0.349 e. The number of esters is 1. The molecular formula is C15H12F3NO3S. The fraction of sp³-hybridized carbons (Fsp3) is 0.200. The summed E-state index contributed by atoms with van der Waals surface area (Å²) >= 11 is 1.16. The Bertz CT molecular complexity index is 760. The van der Waals surface area contributed by atoms with Crippen LogP contribution < -0.4 is 5.32 Å². The van der Waals surface area contributed by atoms with Crippen LogP contribution in [0.25, 0.3) is 0 Å². The predicted octanol–water partition coefficient (Wildman–Crippen LogP) is 3.66. The SMILES string of the molecule is Cc1ccsc1C(=O)O[C@@H](C)C(=O)Nc1ccc(F)c(F)c1F. The Morgan fingerprint density at radius 3 is 2.48 bits per heavy atom. The zero-order chi connectivity index (χ0) is 17.1. The summed E-state index contributed by atoms with van der Waals surface area (Å²) in [5.74, 6) is -6.14. The zero-order valence-electron chi connectivity index (χ0n) is 12.2. The highest BCUT2D eigenvalue weighted by Gasteiger charge is 2.23. The standard InChI is InChI=1S/C15H12F3NO3S/c1-7-5-6-23-13(7)15(21)22-8(2)14(20)19-10-4-3-9(16)11(17)12(10)18/h3-6,8H,1-2H3,(H,19,20)/t8-/m0/s1. The van der Waals surface area contributed by atoms with Crippen molar-refractivity contribution in [2.24, 2.45) is 0 Å². The van der Waals surface area contributed by atoms with Crippen molar-refractivity contribution in [2.45, 2.75) is 20.0 Å². The summed E-state index contributed by atoms with van der Waals surface area (Å²) in [7, 11) is 0. The van der Waals surface area contributed by atoms with E-state index in [2.05, 4.69) is 0 Å². The molecule has 1 aromatic heterocycles. The topological polar surface area (TPSA) is 55.4 Å². The Balaban J connectivity index is 2.05. The molecule has 0 fully saturated rings. The molecule has 0 aliphatic carbocycles. The molecule has 8 heteroatoms. The summed E-state index contributed by atoms with van der Waals surface area (Å²) in [6.07, 6.45) is -1.24. The number of carbonyl (C=O) groups is 2. The average Bonchev–Trinajstić information content (AvgIpc) is 2.93. The average molecular weight is 343 g/mol. The molecule has 1 aromatic carbocycles. The summed E-state index contributed by atoms with van der Waals surface area (Å²) in [6.45, 7) is 3.00. The number of ether oxygens (including phenoxy) is 1. The van der Waals surface area contributed by atoms with Crippen LogP contribution in [-0.2, 0) is 9.53 Å². The minimum atomic E-state index is -1.69. The second kappa shape index (κ2) is 6.82. The smallest absolute Gasteiger partial charge is 0.349 e. The molecule has 0 bridgehead atoms. The van der Waals surface area contributed by atoms with Gasteiger partial charge < -0.3 is 10.1 Å². The van der Waals surface area contributed by atoms with Crippen LogP contribution >= 0.6 is 11.3 Å². The van der Waals surface area contributed by atoms with Crippen LogP contribution in [-0.4, -0.2) is 18.0 Å². The number of anilines is 1. The number of hydrogen-bond acceptors (Lipinski definition) is 4. The number of nitrogens with one attached hydrogen (secondary N) is 1. The molecule has 0 aliphatic heterocycles. The van der Waals surface area contributed by atoms with E-state index in [9.17, 15) is 22.8 Å². The van der Waals surface area contributed by atoms with Crippen LogP contribution in [0, 0.1) is 24.4 Å². The second-order valence-electron chi connectivity index (χ2n) is 4.69. The van der Waals surface area contributed by atoms with Gasteiger partial charge in [-0.05, 0) is 43.0 Å². The van der Waals surface area contributed by atoms with Gasteiger partial charge in [-0.1, -0.05) is 0 Å². The number of thiophene rings is 1. The van der Waals surface area contributed by atoms with E-state index >= 15 is 0 Å². The first-order valence-electron chi connectivity index (χ1n) is 6.50. The minimum Gasteiger partial charge on any atom is -0.448 e. The maximum atomic E-state index is 13.5. The fourth-order valence-electron chi connectivity index (χ4n) is 1.71. The van der Waals surface area contributed by atoms with Gasteiger partial charge in [-0.25, -0.2) is 18.0 Å². The molecule has 0 saturated carbocycles. The van der Waals surface area contributed by atoms with Crippen LogP contribution in [0.3, 0.4) is 0 Å². The third-order valence-corrected chi connectivity index (χ3v) is 3.99. The van der Waals surface area contributed by atoms with E-state index in [-0.39, 0.29) is 0 Å². The molecule has 2 aromatic rings. The molecule has 2 rings (SSSR count). The van der Waals surface area contributed by atoms with Gasteiger partial charge in [0.1, 0.15) is 4.88 Å². The van der Waals surface area contributed by atoms with Gasteiger partial charge >= 0.3 is 5.97 Å². The van der Waals surface area contributed by atoms with Gasteiger partial charge in [-0.2, -0.15) is 0 Å².